The van der Waals surface area contributed by atoms with E-state index in [0.717, 1.165) is 11.3 Å². The first kappa shape index (κ1) is 9.56. The van der Waals surface area contributed by atoms with Crippen molar-refractivity contribution in [3.8, 4) is 0 Å². The van der Waals surface area contributed by atoms with Crippen LogP contribution in [0.2, 0.25) is 0 Å². The molecule has 0 saturated heterocycles. The van der Waals surface area contributed by atoms with Gasteiger partial charge >= 0.3 is 0 Å². The first-order chi connectivity index (χ1) is 6.24. The number of hydrogen-bond acceptors (Lipinski definition) is 2. The van der Waals surface area contributed by atoms with E-state index in [1.807, 2.05) is 0 Å². The largest absolute Gasteiger partial charge is 0.143 e. The topological polar surface area (TPSA) is 0 Å². The van der Waals surface area contributed by atoms with Crippen LogP contribution in [-0.2, 0) is 6.42 Å². The molecule has 0 radical (unpaired) electrons. The third-order valence-electron chi connectivity index (χ3n) is 2.12. The lowest BCUT2D eigenvalue weighted by atomic mass is 10.1. The molecule has 1 heterocycles. The number of aryl methyl sites for hydroxylation is 1. The van der Waals surface area contributed by atoms with Crippen LogP contribution in [0.1, 0.15) is 12.5 Å². The van der Waals surface area contributed by atoms with Crippen LogP contribution < -0.4 is 0 Å². The Hall–Kier alpha value is 0.01000. The van der Waals surface area contributed by atoms with Gasteiger partial charge in [-0.05, 0) is 34.0 Å². The number of fused-ring (bicyclic) bond motifs is 1. The average Bonchev–Trinajstić information content (AvgIpc) is 2.49. The second kappa shape index (κ2) is 3.64. The summed E-state index contributed by atoms with van der Waals surface area (Å²) in [6.45, 7) is 2.16. The minimum absolute atomic E-state index is 1.06. The third-order valence-corrected chi connectivity index (χ3v) is 4.50. The van der Waals surface area contributed by atoms with Crippen molar-refractivity contribution in [2.75, 3.05) is 0 Å². The van der Waals surface area contributed by atoms with Gasteiger partial charge in [-0.15, -0.1) is 24.0 Å². The van der Waals surface area contributed by atoms with Gasteiger partial charge in [0.2, 0.25) is 0 Å². The van der Waals surface area contributed by atoms with E-state index in [1.165, 1.54) is 20.1 Å². The van der Waals surface area contributed by atoms with Gasteiger partial charge in [0.15, 0.2) is 0 Å². The van der Waals surface area contributed by atoms with Crippen molar-refractivity contribution in [2.45, 2.75) is 18.2 Å². The van der Waals surface area contributed by atoms with Crippen molar-refractivity contribution >= 4 is 50.0 Å². The molecule has 2 aromatic rings. The summed E-state index contributed by atoms with van der Waals surface area (Å²) in [5.74, 6) is 0. The molecule has 0 aliphatic rings. The number of benzene rings is 1. The summed E-state index contributed by atoms with van der Waals surface area (Å²) in [5, 5.41) is 3.34. The number of rotatable bonds is 1. The maximum Gasteiger partial charge on any atom is 0.0365 e. The molecule has 0 nitrogen and oxygen atoms in total. The van der Waals surface area contributed by atoms with Crippen molar-refractivity contribution < 1.29 is 0 Å². The van der Waals surface area contributed by atoms with Gasteiger partial charge in [-0.2, -0.15) is 0 Å². The molecule has 0 atom stereocenters. The van der Waals surface area contributed by atoms with Crippen LogP contribution >= 0.6 is 39.9 Å². The molecule has 1 aromatic carbocycles. The van der Waals surface area contributed by atoms with Gasteiger partial charge in [-0.1, -0.05) is 13.0 Å². The lowest BCUT2D eigenvalue weighted by Gasteiger charge is -2.02. The molecule has 13 heavy (non-hydrogen) atoms. The molecule has 0 bridgehead atoms. The molecule has 0 fully saturated rings. The standard InChI is InChI=1S/C10H9BrS2/c1-2-6-3-4-8-9(10(6)11)7(12)5-13-8/h3-5,12H,2H2,1H3. The molecular weight excluding hydrogens is 264 g/mol. The van der Waals surface area contributed by atoms with Crippen molar-refractivity contribution in [3.63, 3.8) is 0 Å². The number of halogens is 1. The highest BCUT2D eigenvalue weighted by atomic mass is 79.9. The van der Waals surface area contributed by atoms with E-state index in [1.54, 1.807) is 11.3 Å². The maximum absolute atomic E-state index is 4.44. The Labute approximate surface area is 95.5 Å². The fraction of sp³-hybridized carbons (Fsp3) is 0.200. The third kappa shape index (κ3) is 1.53. The molecule has 0 aliphatic carbocycles. The summed E-state index contributed by atoms with van der Waals surface area (Å²) in [6, 6.07) is 4.35. The van der Waals surface area contributed by atoms with Crippen LogP contribution in [0.4, 0.5) is 0 Å². The first-order valence-electron chi connectivity index (χ1n) is 4.11. The molecule has 0 saturated carbocycles. The Kier molecular flexibility index (Phi) is 2.67. The lowest BCUT2D eigenvalue weighted by molar-refractivity contribution is 1.13. The zero-order valence-corrected chi connectivity index (χ0v) is 10.5. The normalized spacial score (nSPS) is 11.0. The summed E-state index contributed by atoms with van der Waals surface area (Å²) in [7, 11) is 0. The fourth-order valence-corrected chi connectivity index (χ4v) is 3.81. The molecule has 68 valence electrons. The van der Waals surface area contributed by atoms with Gasteiger partial charge < -0.3 is 0 Å². The second-order valence-electron chi connectivity index (χ2n) is 2.89. The summed E-state index contributed by atoms with van der Waals surface area (Å²) in [6.07, 6.45) is 1.06. The lowest BCUT2D eigenvalue weighted by Crippen LogP contribution is -1.82. The molecule has 0 spiro atoms. The number of thiol groups is 1. The number of hydrogen-bond donors (Lipinski definition) is 1. The van der Waals surface area contributed by atoms with Crippen LogP contribution in [0.25, 0.3) is 10.1 Å². The SMILES string of the molecule is CCc1ccc2scc(S)c2c1Br. The van der Waals surface area contributed by atoms with Crippen LogP contribution in [0.3, 0.4) is 0 Å². The molecule has 2 rings (SSSR count). The summed E-state index contributed by atoms with van der Waals surface area (Å²) >= 11 is 9.81. The van der Waals surface area contributed by atoms with Gasteiger partial charge in [0, 0.05) is 24.8 Å². The van der Waals surface area contributed by atoms with Crippen molar-refractivity contribution in [1.82, 2.24) is 0 Å². The van der Waals surface area contributed by atoms with Gasteiger partial charge in [0.1, 0.15) is 0 Å². The molecule has 0 amide bonds. The minimum Gasteiger partial charge on any atom is -0.143 e. The van der Waals surface area contributed by atoms with E-state index < -0.39 is 0 Å². The van der Waals surface area contributed by atoms with Crippen molar-refractivity contribution in [3.05, 3.63) is 27.5 Å². The highest BCUT2D eigenvalue weighted by Crippen LogP contribution is 2.36. The minimum atomic E-state index is 1.06. The zero-order valence-electron chi connectivity index (χ0n) is 7.17. The molecule has 0 N–H and O–H groups in total. The predicted molar refractivity (Wildman–Crippen MR) is 66.2 cm³/mol. The Morgan fingerprint density at radius 2 is 2.23 bits per heavy atom. The van der Waals surface area contributed by atoms with Crippen LogP contribution in [0.15, 0.2) is 26.9 Å². The average molecular weight is 273 g/mol. The zero-order chi connectivity index (χ0) is 9.42. The predicted octanol–water partition coefficient (Wildman–Crippen LogP) is 4.51. The quantitative estimate of drug-likeness (QED) is 0.726. The second-order valence-corrected chi connectivity index (χ2v) is 5.07. The van der Waals surface area contributed by atoms with E-state index in [-0.39, 0.29) is 0 Å². The molecule has 3 heteroatoms. The maximum atomic E-state index is 4.44. The molecular formula is C10H9BrS2. The van der Waals surface area contributed by atoms with E-state index in [4.69, 9.17) is 0 Å². The van der Waals surface area contributed by atoms with Gasteiger partial charge in [0.25, 0.3) is 0 Å². The van der Waals surface area contributed by atoms with Crippen LogP contribution in [0.5, 0.6) is 0 Å². The van der Waals surface area contributed by atoms with Gasteiger partial charge in [0.05, 0.1) is 0 Å². The number of thiophene rings is 1. The van der Waals surface area contributed by atoms with Crippen molar-refractivity contribution in [1.29, 1.82) is 0 Å². The van der Waals surface area contributed by atoms with Crippen molar-refractivity contribution in [2.24, 2.45) is 0 Å². The molecule has 0 aliphatic heterocycles. The van der Waals surface area contributed by atoms with E-state index in [9.17, 15) is 0 Å². The highest BCUT2D eigenvalue weighted by Gasteiger charge is 2.07. The Morgan fingerprint density at radius 1 is 1.46 bits per heavy atom. The van der Waals surface area contributed by atoms with E-state index >= 15 is 0 Å². The summed E-state index contributed by atoms with van der Waals surface area (Å²) in [5.41, 5.74) is 1.35. The summed E-state index contributed by atoms with van der Waals surface area (Å²) < 4.78 is 2.51. The van der Waals surface area contributed by atoms with Crippen LogP contribution in [-0.4, -0.2) is 0 Å². The monoisotopic (exact) mass is 272 g/mol. The van der Waals surface area contributed by atoms with E-state index in [2.05, 4.69) is 53.0 Å². The molecule has 0 unspecified atom stereocenters. The first-order valence-corrected chi connectivity index (χ1v) is 6.23. The summed E-state index contributed by atoms with van der Waals surface area (Å²) in [4.78, 5) is 1.07. The Morgan fingerprint density at radius 3 is 2.92 bits per heavy atom. The van der Waals surface area contributed by atoms with Gasteiger partial charge in [-0.25, -0.2) is 0 Å². The van der Waals surface area contributed by atoms with Gasteiger partial charge in [-0.3, -0.25) is 0 Å². The van der Waals surface area contributed by atoms with E-state index in [0.29, 0.717) is 0 Å². The fourth-order valence-electron chi connectivity index (χ4n) is 1.39. The Balaban J connectivity index is 2.83. The molecule has 1 aromatic heterocycles. The van der Waals surface area contributed by atoms with Crippen LogP contribution in [0, 0.1) is 0 Å². The smallest absolute Gasteiger partial charge is 0.0365 e. The Bertz CT molecular complexity index is 445. The highest BCUT2D eigenvalue weighted by molar-refractivity contribution is 9.10.